The van der Waals surface area contributed by atoms with E-state index in [1.807, 2.05) is 6.07 Å². The maximum absolute atomic E-state index is 6.41. The monoisotopic (exact) mass is 271 g/mol. The van der Waals surface area contributed by atoms with Crippen LogP contribution in [0.3, 0.4) is 0 Å². The molecule has 1 heterocycles. The van der Waals surface area contributed by atoms with E-state index in [4.69, 9.17) is 11.6 Å². The predicted octanol–water partition coefficient (Wildman–Crippen LogP) is 4.23. The topological polar surface area (TPSA) is 3.24 Å². The zero-order valence-corrected chi connectivity index (χ0v) is 12.1. The third-order valence-corrected chi connectivity index (χ3v) is 4.34. The molecule has 19 heavy (non-hydrogen) atoms. The van der Waals surface area contributed by atoms with E-state index in [1.54, 1.807) is 0 Å². The van der Waals surface area contributed by atoms with Gasteiger partial charge in [0, 0.05) is 24.0 Å². The molecule has 3 rings (SSSR count). The highest BCUT2D eigenvalue weighted by atomic mass is 35.5. The molecular weight excluding hydrogens is 254 g/mol. The van der Waals surface area contributed by atoms with Crippen LogP contribution in [0.2, 0.25) is 5.02 Å². The molecular formula is C17H18ClN. The Morgan fingerprint density at radius 1 is 1.11 bits per heavy atom. The molecule has 0 aromatic heterocycles. The van der Waals surface area contributed by atoms with Crippen molar-refractivity contribution in [2.24, 2.45) is 0 Å². The minimum absolute atomic E-state index is 0.425. The lowest BCUT2D eigenvalue weighted by molar-refractivity contribution is 0.294. The lowest BCUT2D eigenvalue weighted by atomic mass is 9.82. The molecule has 1 nitrogen and oxygen atoms in total. The molecule has 2 aromatic rings. The zero-order valence-electron chi connectivity index (χ0n) is 11.4. The van der Waals surface area contributed by atoms with Crippen molar-refractivity contribution >= 4 is 11.6 Å². The van der Waals surface area contributed by atoms with E-state index >= 15 is 0 Å². The van der Waals surface area contributed by atoms with E-state index in [-0.39, 0.29) is 0 Å². The molecule has 0 bridgehead atoms. The number of hydrogen-bond acceptors (Lipinski definition) is 1. The summed E-state index contributed by atoms with van der Waals surface area (Å²) in [6, 6.07) is 14.9. The van der Waals surface area contributed by atoms with E-state index in [0.29, 0.717) is 5.92 Å². The van der Waals surface area contributed by atoms with Gasteiger partial charge in [0.1, 0.15) is 0 Å². The fourth-order valence-electron chi connectivity index (χ4n) is 3.10. The number of aryl methyl sites for hydroxylation is 1. The number of nitrogens with zero attached hydrogens (tertiary/aromatic N) is 1. The summed E-state index contributed by atoms with van der Waals surface area (Å²) in [4.78, 5) is 2.35. The van der Waals surface area contributed by atoms with E-state index in [0.717, 1.165) is 18.1 Å². The fraction of sp³-hybridized carbons (Fsp3) is 0.294. The van der Waals surface area contributed by atoms with Crippen molar-refractivity contribution in [1.29, 1.82) is 0 Å². The second-order valence-electron chi connectivity index (χ2n) is 5.42. The predicted molar refractivity (Wildman–Crippen MR) is 80.8 cm³/mol. The lowest BCUT2D eigenvalue weighted by Gasteiger charge is -2.34. The minimum Gasteiger partial charge on any atom is -0.301 e. The summed E-state index contributed by atoms with van der Waals surface area (Å²) in [6.07, 6.45) is 0. The van der Waals surface area contributed by atoms with Gasteiger partial charge in [0.2, 0.25) is 0 Å². The normalized spacial score (nSPS) is 19.2. The standard InChI is InChI=1S/C17H18ClN/c1-12-8-9-16(18)15-11-19(2)10-14(17(12)15)13-6-4-3-5-7-13/h3-9,14H,10-11H2,1-2H3. The Kier molecular flexibility index (Phi) is 3.34. The first-order valence-electron chi connectivity index (χ1n) is 6.68. The summed E-state index contributed by atoms with van der Waals surface area (Å²) in [7, 11) is 2.16. The Morgan fingerprint density at radius 3 is 2.58 bits per heavy atom. The quantitative estimate of drug-likeness (QED) is 0.750. The molecule has 2 heteroatoms. The number of hydrogen-bond donors (Lipinski definition) is 0. The molecule has 0 radical (unpaired) electrons. The Labute approximate surface area is 119 Å². The van der Waals surface area contributed by atoms with Gasteiger partial charge in [-0.2, -0.15) is 0 Å². The number of benzene rings is 2. The molecule has 0 aliphatic carbocycles. The molecule has 0 amide bonds. The maximum Gasteiger partial charge on any atom is 0.0454 e. The summed E-state index contributed by atoms with van der Waals surface area (Å²) in [5.41, 5.74) is 5.45. The second kappa shape index (κ2) is 4.99. The Balaban J connectivity index is 2.17. The smallest absolute Gasteiger partial charge is 0.0454 e. The van der Waals surface area contributed by atoms with Crippen LogP contribution < -0.4 is 0 Å². The Morgan fingerprint density at radius 2 is 1.84 bits per heavy atom. The van der Waals surface area contributed by atoms with Gasteiger partial charge < -0.3 is 4.90 Å². The molecule has 2 aromatic carbocycles. The van der Waals surface area contributed by atoms with Gasteiger partial charge in [-0.25, -0.2) is 0 Å². The molecule has 1 atom stereocenters. The van der Waals surface area contributed by atoms with Crippen LogP contribution in [0, 0.1) is 6.92 Å². The zero-order chi connectivity index (χ0) is 13.4. The van der Waals surface area contributed by atoms with Crippen LogP contribution in [0.4, 0.5) is 0 Å². The fourth-order valence-corrected chi connectivity index (χ4v) is 3.32. The Hall–Kier alpha value is -1.31. The van der Waals surface area contributed by atoms with Gasteiger partial charge in [-0.05, 0) is 42.3 Å². The molecule has 0 saturated heterocycles. The summed E-state index contributed by atoms with van der Waals surface area (Å²) >= 11 is 6.41. The molecule has 0 spiro atoms. The molecule has 1 aliphatic rings. The van der Waals surface area contributed by atoms with E-state index < -0.39 is 0 Å². The molecule has 98 valence electrons. The third kappa shape index (κ3) is 2.29. The van der Waals surface area contributed by atoms with Crippen molar-refractivity contribution in [1.82, 2.24) is 4.90 Å². The number of likely N-dealkylation sites (N-methyl/N-ethyl adjacent to an activating group) is 1. The lowest BCUT2D eigenvalue weighted by Crippen LogP contribution is -2.31. The number of fused-ring (bicyclic) bond motifs is 1. The summed E-state index contributed by atoms with van der Waals surface area (Å²) < 4.78 is 0. The van der Waals surface area contributed by atoms with Gasteiger partial charge in [-0.15, -0.1) is 0 Å². The van der Waals surface area contributed by atoms with Crippen molar-refractivity contribution in [3.05, 3.63) is 69.7 Å². The average Bonchev–Trinajstić information content (AvgIpc) is 2.43. The van der Waals surface area contributed by atoms with Crippen LogP contribution in [-0.2, 0) is 6.54 Å². The first-order chi connectivity index (χ1) is 9.16. The molecule has 0 N–H and O–H groups in total. The van der Waals surface area contributed by atoms with Crippen molar-refractivity contribution in [3.63, 3.8) is 0 Å². The first-order valence-corrected chi connectivity index (χ1v) is 7.06. The summed E-state index contributed by atoms with van der Waals surface area (Å²) in [5.74, 6) is 0.425. The van der Waals surface area contributed by atoms with Gasteiger partial charge in [0.05, 0.1) is 0 Å². The SMILES string of the molecule is Cc1ccc(Cl)c2c1C(c1ccccc1)CN(C)C2. The third-order valence-electron chi connectivity index (χ3n) is 3.99. The van der Waals surface area contributed by atoms with Gasteiger partial charge in [0.15, 0.2) is 0 Å². The molecule has 1 unspecified atom stereocenters. The van der Waals surface area contributed by atoms with Crippen LogP contribution >= 0.6 is 11.6 Å². The summed E-state index contributed by atoms with van der Waals surface area (Å²) in [5, 5.41) is 0.896. The van der Waals surface area contributed by atoms with Gasteiger partial charge in [0.25, 0.3) is 0 Å². The van der Waals surface area contributed by atoms with Crippen LogP contribution in [0.15, 0.2) is 42.5 Å². The number of halogens is 1. The van der Waals surface area contributed by atoms with Gasteiger partial charge in [-0.3, -0.25) is 0 Å². The highest BCUT2D eigenvalue weighted by molar-refractivity contribution is 6.31. The highest BCUT2D eigenvalue weighted by Crippen LogP contribution is 2.38. The van der Waals surface area contributed by atoms with Crippen molar-refractivity contribution in [2.75, 3.05) is 13.6 Å². The second-order valence-corrected chi connectivity index (χ2v) is 5.82. The largest absolute Gasteiger partial charge is 0.301 e. The average molecular weight is 272 g/mol. The van der Waals surface area contributed by atoms with Crippen LogP contribution in [-0.4, -0.2) is 18.5 Å². The van der Waals surface area contributed by atoms with Crippen LogP contribution in [0.1, 0.15) is 28.2 Å². The van der Waals surface area contributed by atoms with Gasteiger partial charge >= 0.3 is 0 Å². The van der Waals surface area contributed by atoms with Crippen LogP contribution in [0.25, 0.3) is 0 Å². The van der Waals surface area contributed by atoms with E-state index in [9.17, 15) is 0 Å². The maximum atomic E-state index is 6.41. The van der Waals surface area contributed by atoms with E-state index in [2.05, 4.69) is 55.3 Å². The highest BCUT2D eigenvalue weighted by Gasteiger charge is 2.27. The van der Waals surface area contributed by atoms with Crippen molar-refractivity contribution in [2.45, 2.75) is 19.4 Å². The molecule has 0 fully saturated rings. The van der Waals surface area contributed by atoms with Crippen molar-refractivity contribution < 1.29 is 0 Å². The van der Waals surface area contributed by atoms with Gasteiger partial charge in [-0.1, -0.05) is 48.0 Å². The van der Waals surface area contributed by atoms with Crippen LogP contribution in [0.5, 0.6) is 0 Å². The first kappa shape index (κ1) is 12.7. The van der Waals surface area contributed by atoms with Crippen molar-refractivity contribution in [3.8, 4) is 0 Å². The molecule has 1 aliphatic heterocycles. The molecule has 0 saturated carbocycles. The Bertz CT molecular complexity index is 592. The van der Waals surface area contributed by atoms with E-state index in [1.165, 1.54) is 22.3 Å². The minimum atomic E-state index is 0.425. The number of rotatable bonds is 1. The summed E-state index contributed by atoms with van der Waals surface area (Å²) in [6.45, 7) is 4.19.